The number of hydrogen-bond acceptors (Lipinski definition) is 2. The Morgan fingerprint density at radius 1 is 1.16 bits per heavy atom. The van der Waals surface area contributed by atoms with Gasteiger partial charge >= 0.3 is 0 Å². The molecule has 0 amide bonds. The van der Waals surface area contributed by atoms with Crippen LogP contribution in [0.4, 0.5) is 0 Å². The summed E-state index contributed by atoms with van der Waals surface area (Å²) in [6.45, 7) is 5.04. The first kappa shape index (κ1) is 14.5. The summed E-state index contributed by atoms with van der Waals surface area (Å²) in [5.41, 5.74) is 2.16. The molecule has 1 aromatic carbocycles. The zero-order chi connectivity index (χ0) is 13.7. The van der Waals surface area contributed by atoms with Crippen LogP contribution in [0.5, 0.6) is 0 Å². The van der Waals surface area contributed by atoms with Crippen molar-refractivity contribution in [2.75, 3.05) is 6.54 Å². The maximum Gasteiger partial charge on any atom is 0.0771 e. The Hall–Kier alpha value is -0.860. The van der Waals surface area contributed by atoms with Gasteiger partial charge in [-0.05, 0) is 37.8 Å². The van der Waals surface area contributed by atoms with Gasteiger partial charge in [0, 0.05) is 12.6 Å². The Morgan fingerprint density at radius 2 is 1.79 bits per heavy atom. The highest BCUT2D eigenvalue weighted by Gasteiger charge is 2.28. The average molecular weight is 261 g/mol. The molecule has 0 radical (unpaired) electrons. The number of nitrogens with one attached hydrogen (secondary N) is 1. The van der Waals surface area contributed by atoms with E-state index in [0.717, 1.165) is 25.7 Å². The number of hydrogen-bond donors (Lipinski definition) is 2. The Morgan fingerprint density at radius 3 is 2.42 bits per heavy atom. The summed E-state index contributed by atoms with van der Waals surface area (Å²) in [6.07, 6.45) is 6.76. The third-order valence-corrected chi connectivity index (χ3v) is 4.43. The molecule has 2 nitrogen and oxygen atoms in total. The molecule has 2 heteroatoms. The van der Waals surface area contributed by atoms with Gasteiger partial charge in [-0.2, -0.15) is 0 Å². The van der Waals surface area contributed by atoms with E-state index in [1.807, 2.05) is 0 Å². The summed E-state index contributed by atoms with van der Waals surface area (Å²) >= 11 is 0. The van der Waals surface area contributed by atoms with Crippen molar-refractivity contribution in [1.29, 1.82) is 0 Å². The van der Waals surface area contributed by atoms with Gasteiger partial charge in [0.25, 0.3) is 0 Å². The van der Waals surface area contributed by atoms with Gasteiger partial charge in [-0.25, -0.2) is 0 Å². The summed E-state index contributed by atoms with van der Waals surface area (Å²) < 4.78 is 0. The molecule has 0 spiro atoms. The minimum absolute atomic E-state index is 0.300. The molecule has 2 N–H and O–H groups in total. The lowest BCUT2D eigenvalue weighted by Crippen LogP contribution is -2.41. The highest BCUT2D eigenvalue weighted by atomic mass is 16.3. The third-order valence-electron chi connectivity index (χ3n) is 4.43. The molecule has 0 aliphatic heterocycles. The first-order chi connectivity index (χ1) is 9.11. The van der Waals surface area contributed by atoms with Crippen LogP contribution in [0.15, 0.2) is 24.3 Å². The van der Waals surface area contributed by atoms with Crippen molar-refractivity contribution in [2.45, 2.75) is 64.0 Å². The molecule has 0 unspecified atom stereocenters. The molecule has 0 saturated heterocycles. The maximum atomic E-state index is 10.7. The van der Waals surface area contributed by atoms with E-state index in [2.05, 4.69) is 43.4 Å². The van der Waals surface area contributed by atoms with Gasteiger partial charge in [-0.3, -0.25) is 0 Å². The van der Waals surface area contributed by atoms with Gasteiger partial charge < -0.3 is 10.4 Å². The van der Waals surface area contributed by atoms with E-state index in [4.69, 9.17) is 0 Å². The van der Waals surface area contributed by atoms with Gasteiger partial charge in [0.1, 0.15) is 0 Å². The smallest absolute Gasteiger partial charge is 0.0771 e. The van der Waals surface area contributed by atoms with Crippen LogP contribution in [0.1, 0.15) is 62.6 Å². The van der Waals surface area contributed by atoms with E-state index in [1.165, 1.54) is 24.0 Å². The quantitative estimate of drug-likeness (QED) is 0.809. The van der Waals surface area contributed by atoms with Crippen LogP contribution in [0.2, 0.25) is 0 Å². The lowest BCUT2D eigenvalue weighted by Gasteiger charge is -2.29. The standard InChI is InChI=1S/C17H27NO/c1-14-9-5-6-10-16(14)15(2)18-13-17(19)11-7-3-4-8-12-17/h5-6,9-10,15,18-19H,3-4,7-8,11-13H2,1-2H3/t15-/m0/s1. The van der Waals surface area contributed by atoms with Crippen LogP contribution < -0.4 is 5.32 Å². The Bertz CT molecular complexity index is 394. The van der Waals surface area contributed by atoms with Crippen molar-refractivity contribution in [3.05, 3.63) is 35.4 Å². The van der Waals surface area contributed by atoms with Crippen LogP contribution in [-0.4, -0.2) is 17.3 Å². The van der Waals surface area contributed by atoms with E-state index < -0.39 is 5.60 Å². The predicted octanol–water partition coefficient (Wildman–Crippen LogP) is 3.73. The predicted molar refractivity (Wildman–Crippen MR) is 80.2 cm³/mol. The van der Waals surface area contributed by atoms with Crippen molar-refractivity contribution in [3.8, 4) is 0 Å². The van der Waals surface area contributed by atoms with Crippen molar-refractivity contribution < 1.29 is 5.11 Å². The fourth-order valence-electron chi connectivity index (χ4n) is 3.09. The van der Waals surface area contributed by atoms with Gasteiger partial charge in [0.15, 0.2) is 0 Å². The molecular formula is C17H27NO. The van der Waals surface area contributed by atoms with Gasteiger partial charge in [0.05, 0.1) is 5.60 Å². The maximum absolute atomic E-state index is 10.7. The SMILES string of the molecule is Cc1ccccc1[C@H](C)NCC1(O)CCCCCC1. The fraction of sp³-hybridized carbons (Fsp3) is 0.647. The second-order valence-corrected chi connectivity index (χ2v) is 6.10. The minimum Gasteiger partial charge on any atom is -0.389 e. The van der Waals surface area contributed by atoms with Crippen LogP contribution in [0, 0.1) is 6.92 Å². The lowest BCUT2D eigenvalue weighted by atomic mass is 9.93. The molecular weight excluding hydrogens is 234 g/mol. The monoisotopic (exact) mass is 261 g/mol. The number of rotatable bonds is 4. The minimum atomic E-state index is -0.493. The van der Waals surface area contributed by atoms with E-state index in [9.17, 15) is 5.11 Å². The average Bonchev–Trinajstić information content (AvgIpc) is 2.62. The van der Waals surface area contributed by atoms with Crippen LogP contribution in [-0.2, 0) is 0 Å². The number of benzene rings is 1. The van der Waals surface area contributed by atoms with Gasteiger partial charge in [-0.1, -0.05) is 49.9 Å². The van der Waals surface area contributed by atoms with E-state index in [1.54, 1.807) is 0 Å². The first-order valence-electron chi connectivity index (χ1n) is 7.62. The Labute approximate surface area is 117 Å². The van der Waals surface area contributed by atoms with Gasteiger partial charge in [0.2, 0.25) is 0 Å². The van der Waals surface area contributed by atoms with Gasteiger partial charge in [-0.15, -0.1) is 0 Å². The highest BCUT2D eigenvalue weighted by molar-refractivity contribution is 5.28. The lowest BCUT2D eigenvalue weighted by molar-refractivity contribution is 0.0231. The molecule has 0 heterocycles. The summed E-state index contributed by atoms with van der Waals surface area (Å²) in [5.74, 6) is 0. The van der Waals surface area contributed by atoms with E-state index >= 15 is 0 Å². The molecule has 0 bridgehead atoms. The summed E-state index contributed by atoms with van der Waals surface area (Å²) in [7, 11) is 0. The van der Waals surface area contributed by atoms with E-state index in [-0.39, 0.29) is 0 Å². The second-order valence-electron chi connectivity index (χ2n) is 6.10. The molecule has 2 rings (SSSR count). The molecule has 1 aromatic rings. The fourth-order valence-corrected chi connectivity index (χ4v) is 3.09. The Balaban J connectivity index is 1.92. The number of aryl methyl sites for hydroxylation is 1. The topological polar surface area (TPSA) is 32.3 Å². The first-order valence-corrected chi connectivity index (χ1v) is 7.62. The van der Waals surface area contributed by atoms with E-state index in [0.29, 0.717) is 12.6 Å². The summed E-state index contributed by atoms with van der Waals surface area (Å²) in [6, 6.07) is 8.77. The molecule has 1 atom stereocenters. The molecule has 1 aliphatic rings. The third kappa shape index (κ3) is 4.05. The highest BCUT2D eigenvalue weighted by Crippen LogP contribution is 2.27. The number of aliphatic hydroxyl groups is 1. The molecule has 1 aliphatic carbocycles. The largest absolute Gasteiger partial charge is 0.389 e. The molecule has 1 fully saturated rings. The van der Waals surface area contributed by atoms with Crippen molar-refractivity contribution >= 4 is 0 Å². The van der Waals surface area contributed by atoms with Crippen LogP contribution in [0.3, 0.4) is 0 Å². The summed E-state index contributed by atoms with van der Waals surface area (Å²) in [5, 5.41) is 14.2. The molecule has 0 aromatic heterocycles. The normalized spacial score (nSPS) is 20.8. The van der Waals surface area contributed by atoms with Crippen molar-refractivity contribution in [2.24, 2.45) is 0 Å². The Kier molecular flexibility index (Phi) is 5.00. The van der Waals surface area contributed by atoms with Crippen molar-refractivity contribution in [3.63, 3.8) is 0 Å². The molecule has 19 heavy (non-hydrogen) atoms. The summed E-state index contributed by atoms with van der Waals surface area (Å²) in [4.78, 5) is 0. The second kappa shape index (κ2) is 6.53. The zero-order valence-corrected chi connectivity index (χ0v) is 12.3. The molecule has 106 valence electrons. The molecule has 1 saturated carbocycles. The zero-order valence-electron chi connectivity index (χ0n) is 12.3. The van der Waals surface area contributed by atoms with Crippen molar-refractivity contribution in [1.82, 2.24) is 5.32 Å². The van der Waals surface area contributed by atoms with Crippen LogP contribution >= 0.6 is 0 Å². The van der Waals surface area contributed by atoms with Crippen LogP contribution in [0.25, 0.3) is 0 Å².